The first kappa shape index (κ1) is 17.7. The van der Waals surface area contributed by atoms with Crippen LogP contribution in [0.4, 0.5) is 0 Å². The Balaban J connectivity index is 1.51. The van der Waals surface area contributed by atoms with Crippen molar-refractivity contribution in [2.75, 3.05) is 0 Å². The number of benzene rings is 1. The number of nitrogens with one attached hydrogen (secondary N) is 2. The molecule has 2 heterocycles. The van der Waals surface area contributed by atoms with E-state index in [1.54, 1.807) is 13.0 Å². The summed E-state index contributed by atoms with van der Waals surface area (Å²) < 4.78 is 10.6. The van der Waals surface area contributed by atoms with E-state index < -0.39 is 5.91 Å². The van der Waals surface area contributed by atoms with Gasteiger partial charge in [0.2, 0.25) is 11.8 Å². The first-order valence-electron chi connectivity index (χ1n) is 8.47. The van der Waals surface area contributed by atoms with Crippen molar-refractivity contribution >= 4 is 22.8 Å². The lowest BCUT2D eigenvalue weighted by molar-refractivity contribution is -0.121. The number of para-hydroxylation sites is 1. The zero-order valence-corrected chi connectivity index (χ0v) is 14.7. The van der Waals surface area contributed by atoms with Crippen molar-refractivity contribution in [3.63, 3.8) is 0 Å². The number of aryl methyl sites for hydroxylation is 3. The second-order valence-corrected chi connectivity index (χ2v) is 5.91. The summed E-state index contributed by atoms with van der Waals surface area (Å²) in [5.74, 6) is 0.352. The molecule has 8 nitrogen and oxygen atoms in total. The van der Waals surface area contributed by atoms with E-state index in [1.165, 1.54) is 0 Å². The summed E-state index contributed by atoms with van der Waals surface area (Å²) in [7, 11) is 0. The van der Waals surface area contributed by atoms with E-state index in [-0.39, 0.29) is 18.1 Å². The van der Waals surface area contributed by atoms with Crippen LogP contribution >= 0.6 is 0 Å². The fourth-order valence-corrected chi connectivity index (χ4v) is 2.57. The number of aromatic nitrogens is 2. The lowest BCUT2D eigenvalue weighted by atomic mass is 10.1. The normalized spacial score (nSPS) is 10.8. The van der Waals surface area contributed by atoms with Gasteiger partial charge in [-0.1, -0.05) is 30.3 Å². The lowest BCUT2D eigenvalue weighted by Gasteiger charge is -2.05. The van der Waals surface area contributed by atoms with Gasteiger partial charge in [-0.15, -0.1) is 0 Å². The third-order valence-corrected chi connectivity index (χ3v) is 3.92. The first-order chi connectivity index (χ1) is 12.6. The molecule has 0 spiro atoms. The number of amides is 2. The minimum atomic E-state index is -0.505. The van der Waals surface area contributed by atoms with Crippen LogP contribution in [0.2, 0.25) is 0 Å². The van der Waals surface area contributed by atoms with Gasteiger partial charge in [-0.25, -0.2) is 0 Å². The Morgan fingerprint density at radius 1 is 1.15 bits per heavy atom. The van der Waals surface area contributed by atoms with Crippen molar-refractivity contribution < 1.29 is 18.5 Å². The van der Waals surface area contributed by atoms with Crippen LogP contribution in [0.1, 0.15) is 47.6 Å². The Kier molecular flexibility index (Phi) is 5.31. The number of hydrazine groups is 1. The van der Waals surface area contributed by atoms with Crippen LogP contribution in [0.5, 0.6) is 0 Å². The van der Waals surface area contributed by atoms with Gasteiger partial charge in [0.25, 0.3) is 0 Å². The maximum Gasteiger partial charge on any atom is 0.305 e. The van der Waals surface area contributed by atoms with E-state index in [9.17, 15) is 9.59 Å². The van der Waals surface area contributed by atoms with Gasteiger partial charge in [0.05, 0.1) is 0 Å². The summed E-state index contributed by atoms with van der Waals surface area (Å²) in [5.41, 5.74) is 6.08. The highest BCUT2D eigenvalue weighted by atomic mass is 16.5. The summed E-state index contributed by atoms with van der Waals surface area (Å²) in [6.07, 6.45) is 2.09. The monoisotopic (exact) mass is 356 g/mol. The second kappa shape index (κ2) is 7.81. The number of rotatable bonds is 6. The molecule has 0 saturated heterocycles. The summed E-state index contributed by atoms with van der Waals surface area (Å²) >= 11 is 0. The zero-order chi connectivity index (χ0) is 18.5. The number of hydrogen-bond donors (Lipinski definition) is 2. The van der Waals surface area contributed by atoms with E-state index in [0.29, 0.717) is 23.7 Å². The van der Waals surface area contributed by atoms with E-state index >= 15 is 0 Å². The highest BCUT2D eigenvalue weighted by Gasteiger charge is 2.18. The zero-order valence-electron chi connectivity index (χ0n) is 14.7. The van der Waals surface area contributed by atoms with Gasteiger partial charge in [0.15, 0.2) is 11.6 Å². The predicted molar refractivity (Wildman–Crippen MR) is 93.2 cm³/mol. The third-order valence-electron chi connectivity index (χ3n) is 3.92. The van der Waals surface area contributed by atoms with E-state index in [4.69, 9.17) is 8.94 Å². The quantitative estimate of drug-likeness (QED) is 0.657. The van der Waals surface area contributed by atoms with Crippen LogP contribution in [0.15, 0.2) is 33.2 Å². The average Bonchev–Trinajstić information content (AvgIpc) is 3.23. The van der Waals surface area contributed by atoms with Crippen molar-refractivity contribution in [3.05, 3.63) is 47.3 Å². The van der Waals surface area contributed by atoms with Crippen LogP contribution in [0.25, 0.3) is 11.0 Å². The van der Waals surface area contributed by atoms with E-state index in [0.717, 1.165) is 23.8 Å². The maximum absolute atomic E-state index is 12.2. The van der Waals surface area contributed by atoms with Crippen molar-refractivity contribution in [1.82, 2.24) is 21.0 Å². The van der Waals surface area contributed by atoms with Gasteiger partial charge in [-0.05, 0) is 19.4 Å². The van der Waals surface area contributed by atoms with Crippen LogP contribution in [0.3, 0.4) is 0 Å². The molecule has 1 aromatic carbocycles. The second-order valence-electron chi connectivity index (χ2n) is 5.91. The summed E-state index contributed by atoms with van der Waals surface area (Å²) in [6, 6.07) is 7.37. The molecule has 3 rings (SSSR count). The molecule has 2 N–H and O–H groups in total. The number of hydrogen-bond acceptors (Lipinski definition) is 6. The minimum absolute atomic E-state index is 0.118. The Labute approximate surface area is 149 Å². The number of fused-ring (bicyclic) bond motifs is 1. The minimum Gasteiger partial charge on any atom is -0.451 e. The highest BCUT2D eigenvalue weighted by Crippen LogP contribution is 2.24. The molecule has 0 aliphatic rings. The van der Waals surface area contributed by atoms with Crippen LogP contribution in [0, 0.1) is 6.92 Å². The summed E-state index contributed by atoms with van der Waals surface area (Å²) in [6.45, 7) is 3.82. The number of furan rings is 1. The smallest absolute Gasteiger partial charge is 0.305 e. The van der Waals surface area contributed by atoms with Gasteiger partial charge in [0, 0.05) is 30.2 Å². The van der Waals surface area contributed by atoms with E-state index in [2.05, 4.69) is 21.0 Å². The molecule has 0 fully saturated rings. The molecule has 2 aromatic heterocycles. The molecule has 0 bridgehead atoms. The molecule has 8 heteroatoms. The number of nitrogens with zero attached hydrogens (tertiary/aromatic N) is 2. The van der Waals surface area contributed by atoms with Crippen molar-refractivity contribution in [2.24, 2.45) is 0 Å². The molecule has 26 heavy (non-hydrogen) atoms. The molecule has 0 saturated carbocycles. The lowest BCUT2D eigenvalue weighted by Crippen LogP contribution is -2.41. The maximum atomic E-state index is 12.2. The molecule has 0 unspecified atom stereocenters. The van der Waals surface area contributed by atoms with Crippen LogP contribution in [-0.4, -0.2) is 22.0 Å². The SMILES string of the molecule is CCCc1noc(CCC(=O)NNC(=O)c2oc3ccccc3c2C)n1. The summed E-state index contributed by atoms with van der Waals surface area (Å²) in [5, 5.41) is 4.69. The highest BCUT2D eigenvalue weighted by molar-refractivity contribution is 5.99. The molecular weight excluding hydrogens is 336 g/mol. The van der Waals surface area contributed by atoms with Crippen molar-refractivity contribution in [3.8, 4) is 0 Å². The average molecular weight is 356 g/mol. The Morgan fingerprint density at radius 3 is 2.73 bits per heavy atom. The fraction of sp³-hybridized carbons (Fsp3) is 0.333. The molecule has 3 aromatic rings. The van der Waals surface area contributed by atoms with Gasteiger partial charge < -0.3 is 8.94 Å². The molecule has 0 radical (unpaired) electrons. The van der Waals surface area contributed by atoms with Crippen molar-refractivity contribution in [1.29, 1.82) is 0 Å². The Hall–Kier alpha value is -3.16. The van der Waals surface area contributed by atoms with Crippen LogP contribution in [-0.2, 0) is 17.6 Å². The molecule has 0 aliphatic carbocycles. The van der Waals surface area contributed by atoms with Gasteiger partial charge in [0.1, 0.15) is 5.58 Å². The van der Waals surface area contributed by atoms with Gasteiger partial charge >= 0.3 is 5.91 Å². The molecule has 2 amide bonds. The molecule has 0 atom stereocenters. The topological polar surface area (TPSA) is 110 Å². The fourth-order valence-electron chi connectivity index (χ4n) is 2.57. The van der Waals surface area contributed by atoms with Crippen LogP contribution < -0.4 is 10.9 Å². The molecule has 136 valence electrons. The Bertz CT molecular complexity index is 928. The first-order valence-corrected chi connectivity index (χ1v) is 8.47. The number of carbonyl (C=O) groups excluding carboxylic acids is 2. The standard InChI is InChI=1S/C18H20N4O4/c1-3-6-14-19-16(26-22-14)10-9-15(23)20-21-18(24)17-11(2)12-7-4-5-8-13(12)25-17/h4-5,7-8H,3,6,9-10H2,1-2H3,(H,20,23)(H,21,24). The van der Waals surface area contributed by atoms with E-state index in [1.807, 2.05) is 25.1 Å². The Morgan fingerprint density at radius 2 is 1.96 bits per heavy atom. The molecule has 0 aliphatic heterocycles. The van der Waals surface area contributed by atoms with Gasteiger partial charge in [-0.3, -0.25) is 20.4 Å². The summed E-state index contributed by atoms with van der Waals surface area (Å²) in [4.78, 5) is 28.3. The van der Waals surface area contributed by atoms with Crippen molar-refractivity contribution in [2.45, 2.75) is 39.5 Å². The molecular formula is C18H20N4O4. The number of carbonyl (C=O) groups is 2. The largest absolute Gasteiger partial charge is 0.451 e. The third kappa shape index (κ3) is 3.90. The predicted octanol–water partition coefficient (Wildman–Crippen LogP) is 2.47. The van der Waals surface area contributed by atoms with Gasteiger partial charge in [-0.2, -0.15) is 4.98 Å².